The molecule has 2 nitrogen and oxygen atoms in total. The summed E-state index contributed by atoms with van der Waals surface area (Å²) in [6.07, 6.45) is 6.15. The van der Waals surface area contributed by atoms with Gasteiger partial charge in [0.25, 0.3) is 0 Å². The number of para-hydroxylation sites is 2. The maximum Gasteiger partial charge on any atom is 0.0460 e. The smallest absolute Gasteiger partial charge is 0.0460 e. The van der Waals surface area contributed by atoms with Gasteiger partial charge in [0.05, 0.1) is 0 Å². The van der Waals surface area contributed by atoms with E-state index in [0.717, 1.165) is 16.8 Å². The van der Waals surface area contributed by atoms with E-state index in [1.54, 1.807) is 0 Å². The lowest BCUT2D eigenvalue weighted by Gasteiger charge is -1.98. The first kappa shape index (κ1) is 10.7. The molecule has 0 amide bonds. The van der Waals surface area contributed by atoms with Gasteiger partial charge in [0, 0.05) is 22.8 Å². The molecule has 0 spiro atoms. The van der Waals surface area contributed by atoms with E-state index in [9.17, 15) is 0 Å². The molecular weight excluding hydrogens is 220 g/mol. The molecule has 1 heterocycles. The Labute approximate surface area is 106 Å². The molecule has 3 rings (SSSR count). The lowest BCUT2D eigenvalue weighted by Crippen LogP contribution is -1.87. The van der Waals surface area contributed by atoms with E-state index in [2.05, 4.69) is 23.2 Å². The van der Waals surface area contributed by atoms with Crippen molar-refractivity contribution in [1.29, 1.82) is 0 Å². The lowest BCUT2D eigenvalue weighted by molar-refractivity contribution is 1.47. The van der Waals surface area contributed by atoms with Crippen LogP contribution >= 0.6 is 0 Å². The van der Waals surface area contributed by atoms with Gasteiger partial charge < -0.3 is 10.7 Å². The van der Waals surface area contributed by atoms with Crippen LogP contribution in [0.1, 0.15) is 11.1 Å². The third-order valence-corrected chi connectivity index (χ3v) is 3.06. The Balaban J connectivity index is 2.00. The van der Waals surface area contributed by atoms with Crippen LogP contribution in [0.25, 0.3) is 23.1 Å². The molecule has 0 aliphatic rings. The molecule has 0 aliphatic carbocycles. The van der Waals surface area contributed by atoms with Crippen molar-refractivity contribution in [3.63, 3.8) is 0 Å². The Morgan fingerprint density at radius 2 is 1.56 bits per heavy atom. The SMILES string of the molecule is Nc1ccccc1/C=C\c1c[nH]c2ccccc12. The maximum atomic E-state index is 5.91. The largest absolute Gasteiger partial charge is 0.398 e. The molecule has 2 heteroatoms. The Kier molecular flexibility index (Phi) is 2.61. The predicted molar refractivity (Wildman–Crippen MR) is 78.1 cm³/mol. The molecule has 1 aromatic heterocycles. The summed E-state index contributed by atoms with van der Waals surface area (Å²) in [4.78, 5) is 3.26. The van der Waals surface area contributed by atoms with Crippen molar-refractivity contribution in [2.24, 2.45) is 0 Å². The Hall–Kier alpha value is -2.48. The van der Waals surface area contributed by atoms with E-state index in [1.807, 2.05) is 48.7 Å². The zero-order valence-electron chi connectivity index (χ0n) is 9.93. The number of aromatic amines is 1. The highest BCUT2D eigenvalue weighted by Gasteiger charge is 1.99. The molecule has 3 aromatic rings. The highest BCUT2D eigenvalue weighted by Crippen LogP contribution is 2.21. The molecule has 18 heavy (non-hydrogen) atoms. The number of H-pyrrole nitrogens is 1. The molecular formula is C16H14N2. The van der Waals surface area contributed by atoms with E-state index in [0.29, 0.717) is 0 Å². The van der Waals surface area contributed by atoms with Crippen molar-refractivity contribution in [2.75, 3.05) is 5.73 Å². The molecule has 88 valence electrons. The number of rotatable bonds is 2. The van der Waals surface area contributed by atoms with Gasteiger partial charge in [-0.1, -0.05) is 48.6 Å². The van der Waals surface area contributed by atoms with Crippen LogP contribution in [0, 0.1) is 0 Å². The Bertz CT molecular complexity index is 708. The number of hydrogen-bond acceptors (Lipinski definition) is 1. The van der Waals surface area contributed by atoms with E-state index in [4.69, 9.17) is 5.73 Å². The van der Waals surface area contributed by atoms with Crippen LogP contribution in [0.4, 0.5) is 5.69 Å². The van der Waals surface area contributed by atoms with E-state index < -0.39 is 0 Å². The zero-order chi connectivity index (χ0) is 12.4. The van der Waals surface area contributed by atoms with E-state index >= 15 is 0 Å². The average molecular weight is 234 g/mol. The molecule has 0 atom stereocenters. The number of benzene rings is 2. The summed E-state index contributed by atoms with van der Waals surface area (Å²) in [5, 5.41) is 1.23. The third kappa shape index (κ3) is 1.89. The second-order valence-electron chi connectivity index (χ2n) is 4.25. The van der Waals surface area contributed by atoms with Crippen molar-refractivity contribution in [3.8, 4) is 0 Å². The van der Waals surface area contributed by atoms with Crippen LogP contribution in [0.3, 0.4) is 0 Å². The summed E-state index contributed by atoms with van der Waals surface area (Å²) in [5.41, 5.74) is 10.1. The van der Waals surface area contributed by atoms with E-state index in [1.165, 1.54) is 10.9 Å². The molecule has 0 radical (unpaired) electrons. The number of fused-ring (bicyclic) bond motifs is 1. The fourth-order valence-corrected chi connectivity index (χ4v) is 2.07. The first-order chi connectivity index (χ1) is 8.84. The number of hydrogen-bond donors (Lipinski definition) is 2. The summed E-state index contributed by atoms with van der Waals surface area (Å²) < 4.78 is 0. The Morgan fingerprint density at radius 3 is 2.44 bits per heavy atom. The summed E-state index contributed by atoms with van der Waals surface area (Å²) in [5.74, 6) is 0. The van der Waals surface area contributed by atoms with Crippen molar-refractivity contribution in [3.05, 3.63) is 65.9 Å². The fourth-order valence-electron chi connectivity index (χ4n) is 2.07. The van der Waals surface area contributed by atoms with Crippen molar-refractivity contribution >= 4 is 28.7 Å². The van der Waals surface area contributed by atoms with Crippen LogP contribution in [-0.4, -0.2) is 4.98 Å². The van der Waals surface area contributed by atoms with Crippen LogP contribution in [0.5, 0.6) is 0 Å². The van der Waals surface area contributed by atoms with Gasteiger partial charge in [-0.05, 0) is 23.3 Å². The number of nitrogens with one attached hydrogen (secondary N) is 1. The van der Waals surface area contributed by atoms with Crippen molar-refractivity contribution in [2.45, 2.75) is 0 Å². The molecule has 0 bridgehead atoms. The molecule has 3 N–H and O–H groups in total. The van der Waals surface area contributed by atoms with Gasteiger partial charge in [-0.3, -0.25) is 0 Å². The normalized spacial score (nSPS) is 11.3. The van der Waals surface area contributed by atoms with Gasteiger partial charge in [0.2, 0.25) is 0 Å². The lowest BCUT2D eigenvalue weighted by atomic mass is 10.1. The highest BCUT2D eigenvalue weighted by molar-refractivity contribution is 5.92. The van der Waals surface area contributed by atoms with Gasteiger partial charge >= 0.3 is 0 Å². The minimum atomic E-state index is 0.800. The second kappa shape index (κ2) is 4.41. The summed E-state index contributed by atoms with van der Waals surface area (Å²) >= 11 is 0. The van der Waals surface area contributed by atoms with Crippen molar-refractivity contribution in [1.82, 2.24) is 4.98 Å². The maximum absolute atomic E-state index is 5.91. The van der Waals surface area contributed by atoms with Gasteiger partial charge in [-0.15, -0.1) is 0 Å². The first-order valence-electron chi connectivity index (χ1n) is 5.93. The quantitative estimate of drug-likeness (QED) is 0.648. The van der Waals surface area contributed by atoms with Gasteiger partial charge in [0.15, 0.2) is 0 Å². The number of nitrogen functional groups attached to an aromatic ring is 1. The highest BCUT2D eigenvalue weighted by atomic mass is 14.7. The molecule has 2 aromatic carbocycles. The Morgan fingerprint density at radius 1 is 0.833 bits per heavy atom. The summed E-state index contributed by atoms with van der Waals surface area (Å²) in [6.45, 7) is 0. The number of anilines is 1. The molecule has 0 unspecified atom stereocenters. The minimum absolute atomic E-state index is 0.800. The van der Waals surface area contributed by atoms with Crippen LogP contribution in [0.15, 0.2) is 54.7 Å². The predicted octanol–water partition coefficient (Wildman–Crippen LogP) is 3.92. The second-order valence-corrected chi connectivity index (χ2v) is 4.25. The molecule has 0 fully saturated rings. The first-order valence-corrected chi connectivity index (χ1v) is 5.93. The topological polar surface area (TPSA) is 41.8 Å². The molecule has 0 aliphatic heterocycles. The molecule has 0 saturated carbocycles. The molecule has 0 saturated heterocycles. The average Bonchev–Trinajstić information content (AvgIpc) is 2.81. The van der Waals surface area contributed by atoms with Crippen LogP contribution in [0.2, 0.25) is 0 Å². The van der Waals surface area contributed by atoms with Crippen LogP contribution < -0.4 is 5.73 Å². The summed E-state index contributed by atoms with van der Waals surface area (Å²) in [6, 6.07) is 16.1. The van der Waals surface area contributed by atoms with Crippen LogP contribution in [-0.2, 0) is 0 Å². The number of nitrogens with two attached hydrogens (primary N) is 1. The standard InChI is InChI=1S/C16H14N2/c17-15-7-3-1-5-12(15)9-10-13-11-18-16-8-4-2-6-14(13)16/h1-11,18H,17H2/b10-9-. The van der Waals surface area contributed by atoms with E-state index in [-0.39, 0.29) is 0 Å². The minimum Gasteiger partial charge on any atom is -0.398 e. The fraction of sp³-hybridized carbons (Fsp3) is 0. The monoisotopic (exact) mass is 234 g/mol. The van der Waals surface area contributed by atoms with Gasteiger partial charge in [-0.2, -0.15) is 0 Å². The van der Waals surface area contributed by atoms with Crippen molar-refractivity contribution < 1.29 is 0 Å². The third-order valence-electron chi connectivity index (χ3n) is 3.06. The zero-order valence-corrected chi connectivity index (χ0v) is 9.93. The van der Waals surface area contributed by atoms with Gasteiger partial charge in [-0.25, -0.2) is 0 Å². The van der Waals surface area contributed by atoms with Gasteiger partial charge in [0.1, 0.15) is 0 Å². The summed E-state index contributed by atoms with van der Waals surface area (Å²) in [7, 11) is 0. The number of aromatic nitrogens is 1.